The second kappa shape index (κ2) is 8.18. The van der Waals surface area contributed by atoms with E-state index in [1.165, 1.54) is 18.2 Å². The monoisotopic (exact) mass is 382 g/mol. The van der Waals surface area contributed by atoms with E-state index in [1.807, 2.05) is 0 Å². The average Bonchev–Trinajstić information content (AvgIpc) is 2.54. The summed E-state index contributed by atoms with van der Waals surface area (Å²) in [5.74, 6) is -0.126. The SMILES string of the molecule is C[C@H](Oc1cccc([N+](=O)[O-])c1)C(=O)N[C@H](C)c1ccc(Cl)cc1Cl. The summed E-state index contributed by atoms with van der Waals surface area (Å²) in [6.07, 6.45) is -0.837. The standard InChI is InChI=1S/C17H16Cl2N2O4/c1-10(15-7-6-12(18)8-16(15)19)20-17(22)11(2)25-14-5-3-4-13(9-14)21(23)24/h3-11H,1-2H3,(H,20,22)/t10-,11+/m1/s1. The van der Waals surface area contributed by atoms with Gasteiger partial charge in [-0.2, -0.15) is 0 Å². The lowest BCUT2D eigenvalue weighted by Gasteiger charge is -2.20. The molecule has 2 aromatic rings. The minimum absolute atomic E-state index is 0.105. The lowest BCUT2D eigenvalue weighted by molar-refractivity contribution is -0.384. The molecule has 0 aromatic heterocycles. The van der Waals surface area contributed by atoms with Crippen LogP contribution in [-0.2, 0) is 4.79 Å². The fraction of sp³-hybridized carbons (Fsp3) is 0.235. The second-order valence-electron chi connectivity index (χ2n) is 5.41. The van der Waals surface area contributed by atoms with Crippen LogP contribution in [0.1, 0.15) is 25.5 Å². The van der Waals surface area contributed by atoms with Gasteiger partial charge in [0.25, 0.3) is 11.6 Å². The highest BCUT2D eigenvalue weighted by Crippen LogP contribution is 2.26. The number of hydrogen-bond donors (Lipinski definition) is 1. The van der Waals surface area contributed by atoms with Crippen LogP contribution < -0.4 is 10.1 Å². The van der Waals surface area contributed by atoms with Crippen molar-refractivity contribution < 1.29 is 14.5 Å². The van der Waals surface area contributed by atoms with Gasteiger partial charge in [0.2, 0.25) is 0 Å². The first-order chi connectivity index (χ1) is 11.8. The largest absolute Gasteiger partial charge is 0.481 e. The van der Waals surface area contributed by atoms with Crippen molar-refractivity contribution in [2.75, 3.05) is 0 Å². The molecule has 0 aliphatic heterocycles. The topological polar surface area (TPSA) is 81.5 Å². The van der Waals surface area contributed by atoms with E-state index in [0.29, 0.717) is 10.0 Å². The van der Waals surface area contributed by atoms with Gasteiger partial charge in [0.05, 0.1) is 17.0 Å². The number of halogens is 2. The molecular formula is C17H16Cl2N2O4. The molecule has 132 valence electrons. The Labute approximate surface area is 154 Å². The summed E-state index contributed by atoms with van der Waals surface area (Å²) in [5, 5.41) is 14.5. The molecule has 0 bridgehead atoms. The molecule has 6 nitrogen and oxygen atoms in total. The number of amides is 1. The number of hydrogen-bond acceptors (Lipinski definition) is 4. The summed E-state index contributed by atoms with van der Waals surface area (Å²) in [6, 6.07) is 10.3. The Bertz CT molecular complexity index is 798. The second-order valence-corrected chi connectivity index (χ2v) is 6.25. The van der Waals surface area contributed by atoms with Gasteiger partial charge in [-0.3, -0.25) is 14.9 Å². The molecule has 1 amide bonds. The van der Waals surface area contributed by atoms with Crippen molar-refractivity contribution in [2.45, 2.75) is 26.0 Å². The molecule has 0 spiro atoms. The molecule has 8 heteroatoms. The fourth-order valence-electron chi connectivity index (χ4n) is 2.19. The Morgan fingerprint density at radius 3 is 2.56 bits per heavy atom. The summed E-state index contributed by atoms with van der Waals surface area (Å²) < 4.78 is 5.48. The zero-order valence-electron chi connectivity index (χ0n) is 13.5. The van der Waals surface area contributed by atoms with E-state index in [2.05, 4.69) is 5.32 Å². The molecule has 25 heavy (non-hydrogen) atoms. The van der Waals surface area contributed by atoms with Crippen LogP contribution >= 0.6 is 23.2 Å². The van der Waals surface area contributed by atoms with Gasteiger partial charge in [0.1, 0.15) is 5.75 Å². The molecule has 2 atom stereocenters. The van der Waals surface area contributed by atoms with E-state index >= 15 is 0 Å². The predicted octanol–water partition coefficient (Wildman–Crippen LogP) is 4.55. The zero-order valence-corrected chi connectivity index (χ0v) is 15.0. The Morgan fingerprint density at radius 2 is 1.92 bits per heavy atom. The van der Waals surface area contributed by atoms with E-state index in [9.17, 15) is 14.9 Å². The van der Waals surface area contributed by atoms with E-state index in [-0.39, 0.29) is 23.4 Å². The summed E-state index contributed by atoms with van der Waals surface area (Å²) in [7, 11) is 0. The molecule has 0 unspecified atom stereocenters. The first kappa shape index (κ1) is 19.0. The van der Waals surface area contributed by atoms with Crippen LogP contribution in [0.2, 0.25) is 10.0 Å². The number of nitro benzene ring substituents is 1. The van der Waals surface area contributed by atoms with Crippen molar-refractivity contribution >= 4 is 34.8 Å². The maximum atomic E-state index is 12.3. The van der Waals surface area contributed by atoms with Gasteiger partial charge >= 0.3 is 0 Å². The molecule has 0 heterocycles. The van der Waals surface area contributed by atoms with E-state index in [4.69, 9.17) is 27.9 Å². The van der Waals surface area contributed by atoms with Crippen molar-refractivity contribution in [2.24, 2.45) is 0 Å². The number of carbonyl (C=O) groups excluding carboxylic acids is 1. The number of carbonyl (C=O) groups is 1. The van der Waals surface area contributed by atoms with Crippen molar-refractivity contribution in [1.29, 1.82) is 0 Å². The van der Waals surface area contributed by atoms with Crippen LogP contribution in [0.3, 0.4) is 0 Å². The number of nitrogens with zero attached hydrogens (tertiary/aromatic N) is 1. The smallest absolute Gasteiger partial charge is 0.273 e. The molecule has 0 radical (unpaired) electrons. The third kappa shape index (κ3) is 5.08. The summed E-state index contributed by atoms with van der Waals surface area (Å²) in [4.78, 5) is 22.5. The maximum absolute atomic E-state index is 12.3. The molecule has 1 N–H and O–H groups in total. The van der Waals surface area contributed by atoms with Crippen LogP contribution in [0, 0.1) is 10.1 Å². The van der Waals surface area contributed by atoms with Crippen molar-refractivity contribution in [3.63, 3.8) is 0 Å². The normalized spacial score (nSPS) is 13.0. The van der Waals surface area contributed by atoms with Gasteiger partial charge in [0.15, 0.2) is 6.10 Å². The molecular weight excluding hydrogens is 367 g/mol. The number of ether oxygens (including phenoxy) is 1. The molecule has 0 aliphatic rings. The Hall–Kier alpha value is -2.31. The van der Waals surface area contributed by atoms with Crippen molar-refractivity contribution in [3.8, 4) is 5.75 Å². The van der Waals surface area contributed by atoms with E-state index in [1.54, 1.807) is 38.1 Å². The minimum Gasteiger partial charge on any atom is -0.481 e. The van der Waals surface area contributed by atoms with Gasteiger partial charge < -0.3 is 10.1 Å². The van der Waals surface area contributed by atoms with Crippen molar-refractivity contribution in [1.82, 2.24) is 5.32 Å². The average molecular weight is 383 g/mol. The van der Waals surface area contributed by atoms with Crippen LogP contribution in [-0.4, -0.2) is 16.9 Å². The Kier molecular flexibility index (Phi) is 6.22. The predicted molar refractivity (Wildman–Crippen MR) is 96.2 cm³/mol. The van der Waals surface area contributed by atoms with Gasteiger partial charge in [-0.25, -0.2) is 0 Å². The summed E-state index contributed by atoms with van der Waals surface area (Å²) in [5.41, 5.74) is 0.619. The zero-order chi connectivity index (χ0) is 18.6. The highest BCUT2D eigenvalue weighted by molar-refractivity contribution is 6.35. The first-order valence-corrected chi connectivity index (χ1v) is 8.20. The quantitative estimate of drug-likeness (QED) is 0.586. The van der Waals surface area contributed by atoms with Gasteiger partial charge in [-0.05, 0) is 37.6 Å². The number of non-ortho nitro benzene ring substituents is 1. The lowest BCUT2D eigenvalue weighted by atomic mass is 10.1. The molecule has 2 rings (SSSR count). The van der Waals surface area contributed by atoms with Gasteiger partial charge in [-0.1, -0.05) is 35.3 Å². The van der Waals surface area contributed by atoms with Crippen LogP contribution in [0.4, 0.5) is 5.69 Å². The Morgan fingerprint density at radius 1 is 1.20 bits per heavy atom. The third-order valence-electron chi connectivity index (χ3n) is 3.50. The van der Waals surface area contributed by atoms with E-state index < -0.39 is 11.0 Å². The van der Waals surface area contributed by atoms with Crippen LogP contribution in [0.25, 0.3) is 0 Å². The number of nitro groups is 1. The van der Waals surface area contributed by atoms with Crippen LogP contribution in [0.15, 0.2) is 42.5 Å². The highest BCUT2D eigenvalue weighted by atomic mass is 35.5. The van der Waals surface area contributed by atoms with Crippen LogP contribution in [0.5, 0.6) is 5.75 Å². The molecule has 0 aliphatic carbocycles. The molecule has 0 fully saturated rings. The summed E-state index contributed by atoms with van der Waals surface area (Å²) >= 11 is 12.0. The lowest BCUT2D eigenvalue weighted by Crippen LogP contribution is -2.37. The van der Waals surface area contributed by atoms with E-state index in [0.717, 1.165) is 5.56 Å². The van der Waals surface area contributed by atoms with Gasteiger partial charge in [-0.15, -0.1) is 0 Å². The molecule has 0 saturated heterocycles. The number of rotatable bonds is 6. The highest BCUT2D eigenvalue weighted by Gasteiger charge is 2.20. The molecule has 2 aromatic carbocycles. The third-order valence-corrected chi connectivity index (χ3v) is 4.06. The molecule has 0 saturated carbocycles. The minimum atomic E-state index is -0.837. The van der Waals surface area contributed by atoms with Gasteiger partial charge in [0, 0.05) is 16.1 Å². The number of benzene rings is 2. The Balaban J connectivity index is 2.02. The fourth-order valence-corrected chi connectivity index (χ4v) is 2.76. The van der Waals surface area contributed by atoms with Crippen molar-refractivity contribution in [3.05, 3.63) is 68.2 Å². The summed E-state index contributed by atoms with van der Waals surface area (Å²) in [6.45, 7) is 3.34. The maximum Gasteiger partial charge on any atom is 0.273 e. The number of nitrogens with one attached hydrogen (secondary N) is 1. The first-order valence-electron chi connectivity index (χ1n) is 7.44.